The Labute approximate surface area is 127 Å². The van der Waals surface area contributed by atoms with Gasteiger partial charge in [-0.2, -0.15) is 0 Å². The molecule has 0 aromatic carbocycles. The van der Waals surface area contributed by atoms with E-state index < -0.39 is 5.97 Å². The maximum Gasteiger partial charge on any atom is 0.337 e. The van der Waals surface area contributed by atoms with Gasteiger partial charge in [0.1, 0.15) is 5.82 Å². The van der Waals surface area contributed by atoms with E-state index >= 15 is 0 Å². The van der Waals surface area contributed by atoms with Gasteiger partial charge in [-0.3, -0.25) is 14.5 Å². The van der Waals surface area contributed by atoms with Gasteiger partial charge in [0.2, 0.25) is 5.91 Å². The number of nitrogens with zero attached hydrogens (tertiary/aromatic N) is 2. The summed E-state index contributed by atoms with van der Waals surface area (Å²) in [6, 6.07) is 1.41. The van der Waals surface area contributed by atoms with Crippen LogP contribution >= 0.6 is 27.7 Å². The van der Waals surface area contributed by atoms with Crippen LogP contribution in [0.1, 0.15) is 23.7 Å². The Hall–Kier alpha value is -1.41. The molecule has 1 saturated heterocycles. The molecule has 0 aliphatic carbocycles. The first kappa shape index (κ1) is 15.0. The van der Waals surface area contributed by atoms with Crippen molar-refractivity contribution in [3.05, 3.63) is 22.3 Å². The van der Waals surface area contributed by atoms with Crippen LogP contribution in [0.2, 0.25) is 0 Å². The number of halogens is 1. The molecule has 1 aliphatic heterocycles. The van der Waals surface area contributed by atoms with Crippen LogP contribution in [-0.4, -0.2) is 38.9 Å². The van der Waals surface area contributed by atoms with Crippen molar-refractivity contribution >= 4 is 50.5 Å². The lowest BCUT2D eigenvalue weighted by Gasteiger charge is -2.16. The fourth-order valence-electron chi connectivity index (χ4n) is 1.94. The minimum atomic E-state index is -1.08. The molecule has 1 N–H and O–H groups in total. The summed E-state index contributed by atoms with van der Waals surface area (Å²) in [5.74, 6) is -0.825. The van der Waals surface area contributed by atoms with Crippen molar-refractivity contribution in [2.45, 2.75) is 18.6 Å². The summed E-state index contributed by atoms with van der Waals surface area (Å²) < 4.78 is 0.444. The number of aromatic nitrogens is 1. The molecule has 0 saturated carbocycles. The molecule has 1 aliphatic rings. The van der Waals surface area contributed by atoms with Gasteiger partial charge in [-0.15, -0.1) is 0 Å². The van der Waals surface area contributed by atoms with Crippen LogP contribution in [0.15, 0.2) is 16.7 Å². The molecule has 0 spiro atoms. The number of anilines is 1. The summed E-state index contributed by atoms with van der Waals surface area (Å²) in [7, 11) is 0. The van der Waals surface area contributed by atoms with Gasteiger partial charge in [0, 0.05) is 31.3 Å². The fourth-order valence-corrected chi connectivity index (χ4v) is 3.42. The number of hydrogen-bond acceptors (Lipinski definition) is 5. The van der Waals surface area contributed by atoms with Gasteiger partial charge in [-0.25, -0.2) is 9.78 Å². The van der Waals surface area contributed by atoms with Crippen molar-refractivity contribution in [3.8, 4) is 0 Å². The van der Waals surface area contributed by atoms with Crippen molar-refractivity contribution in [2.75, 3.05) is 11.4 Å². The van der Waals surface area contributed by atoms with Crippen molar-refractivity contribution < 1.29 is 19.5 Å². The number of aromatic carboxylic acids is 1. The molecular weight excluding hydrogens is 348 g/mol. The van der Waals surface area contributed by atoms with E-state index in [4.69, 9.17) is 5.11 Å². The van der Waals surface area contributed by atoms with E-state index in [1.807, 2.05) is 0 Å². The van der Waals surface area contributed by atoms with Crippen LogP contribution in [0.5, 0.6) is 0 Å². The van der Waals surface area contributed by atoms with E-state index in [2.05, 4.69) is 20.9 Å². The highest BCUT2D eigenvalue weighted by Gasteiger charge is 2.33. The number of carbonyl (C=O) groups excluding carboxylic acids is 2. The molecule has 6 nitrogen and oxygen atoms in total. The maximum atomic E-state index is 12.0. The lowest BCUT2D eigenvalue weighted by atomic mass is 10.3. The molecule has 2 rings (SSSR count). The number of rotatable bonds is 3. The molecule has 20 heavy (non-hydrogen) atoms. The van der Waals surface area contributed by atoms with Crippen LogP contribution in [0.4, 0.5) is 5.82 Å². The molecule has 106 valence electrons. The zero-order chi connectivity index (χ0) is 14.9. The highest BCUT2D eigenvalue weighted by Crippen LogP contribution is 2.32. The zero-order valence-corrected chi connectivity index (χ0v) is 12.9. The quantitative estimate of drug-likeness (QED) is 0.887. The Morgan fingerprint density at radius 1 is 1.55 bits per heavy atom. The SMILES string of the molecule is CC(=O)SC1CC(=O)N(c2ncc(C(=O)O)cc2Br)C1. The second-order valence-corrected chi connectivity index (χ2v) is 6.61. The largest absolute Gasteiger partial charge is 0.478 e. The van der Waals surface area contributed by atoms with E-state index in [1.165, 1.54) is 24.1 Å². The number of carboxylic acids is 1. The van der Waals surface area contributed by atoms with Crippen LogP contribution in [-0.2, 0) is 9.59 Å². The Kier molecular flexibility index (Phi) is 4.44. The number of hydrogen-bond donors (Lipinski definition) is 1. The molecule has 8 heteroatoms. The molecule has 1 amide bonds. The number of amides is 1. The van der Waals surface area contributed by atoms with Gasteiger partial charge < -0.3 is 5.11 Å². The average molecular weight is 359 g/mol. The molecule has 1 atom stereocenters. The van der Waals surface area contributed by atoms with Gasteiger partial charge >= 0.3 is 5.97 Å². The van der Waals surface area contributed by atoms with Crippen molar-refractivity contribution in [1.82, 2.24) is 4.98 Å². The first-order valence-electron chi connectivity index (χ1n) is 5.75. The van der Waals surface area contributed by atoms with Crippen LogP contribution in [0.25, 0.3) is 0 Å². The highest BCUT2D eigenvalue weighted by molar-refractivity contribution is 9.10. The second kappa shape index (κ2) is 5.92. The van der Waals surface area contributed by atoms with Gasteiger partial charge in [-0.1, -0.05) is 11.8 Å². The summed E-state index contributed by atoms with van der Waals surface area (Å²) in [4.78, 5) is 39.4. The molecule has 1 unspecified atom stereocenters. The summed E-state index contributed by atoms with van der Waals surface area (Å²) in [5, 5.41) is 8.76. The zero-order valence-electron chi connectivity index (χ0n) is 10.5. The third-order valence-electron chi connectivity index (χ3n) is 2.75. The third kappa shape index (κ3) is 3.18. The minimum absolute atomic E-state index is 0.0297. The third-order valence-corrected chi connectivity index (χ3v) is 4.31. The number of pyridine rings is 1. The molecule has 1 aromatic heterocycles. The normalized spacial score (nSPS) is 18.4. The Morgan fingerprint density at radius 2 is 2.25 bits per heavy atom. The number of thioether (sulfide) groups is 1. The first-order chi connectivity index (χ1) is 9.38. The van der Waals surface area contributed by atoms with Crippen LogP contribution < -0.4 is 4.90 Å². The average Bonchev–Trinajstić information content (AvgIpc) is 2.68. The van der Waals surface area contributed by atoms with E-state index in [0.29, 0.717) is 16.8 Å². The van der Waals surface area contributed by atoms with Crippen LogP contribution in [0.3, 0.4) is 0 Å². The van der Waals surface area contributed by atoms with E-state index in [1.54, 1.807) is 0 Å². The van der Waals surface area contributed by atoms with Gasteiger partial charge in [0.25, 0.3) is 0 Å². The molecule has 2 heterocycles. The number of carbonyl (C=O) groups is 3. The predicted molar refractivity (Wildman–Crippen MR) is 77.9 cm³/mol. The Balaban J connectivity index is 2.22. The molecular formula is C12H11BrN2O4S. The van der Waals surface area contributed by atoms with Gasteiger partial charge in [0.05, 0.1) is 10.0 Å². The molecule has 0 bridgehead atoms. The topological polar surface area (TPSA) is 87.6 Å². The Bertz CT molecular complexity index is 593. The maximum absolute atomic E-state index is 12.0. The van der Waals surface area contributed by atoms with Gasteiger partial charge in [0.15, 0.2) is 5.12 Å². The summed E-state index contributed by atoms with van der Waals surface area (Å²) in [6.45, 7) is 1.86. The lowest BCUT2D eigenvalue weighted by molar-refractivity contribution is -0.117. The predicted octanol–water partition coefficient (Wildman–Crippen LogP) is 1.93. The number of carboxylic acid groups (broad SMARTS) is 1. The second-order valence-electron chi connectivity index (χ2n) is 4.27. The smallest absolute Gasteiger partial charge is 0.337 e. The van der Waals surface area contributed by atoms with Crippen molar-refractivity contribution in [3.63, 3.8) is 0 Å². The molecule has 0 radical (unpaired) electrons. The van der Waals surface area contributed by atoms with E-state index in [-0.39, 0.29) is 28.3 Å². The molecule has 1 aromatic rings. The fraction of sp³-hybridized carbons (Fsp3) is 0.333. The van der Waals surface area contributed by atoms with Crippen molar-refractivity contribution in [1.29, 1.82) is 0 Å². The standard InChI is InChI=1S/C12H11BrN2O4S/c1-6(16)20-8-3-10(17)15(5-8)11-9(13)2-7(4-14-11)12(18)19/h2,4,8H,3,5H2,1H3,(H,18,19). The van der Waals surface area contributed by atoms with E-state index in [0.717, 1.165) is 11.8 Å². The summed E-state index contributed by atoms with van der Waals surface area (Å²) in [5.41, 5.74) is 0.0435. The van der Waals surface area contributed by atoms with E-state index in [9.17, 15) is 14.4 Å². The van der Waals surface area contributed by atoms with Gasteiger partial charge in [-0.05, 0) is 22.0 Å². The summed E-state index contributed by atoms with van der Waals surface area (Å²) in [6.07, 6.45) is 1.49. The Morgan fingerprint density at radius 3 is 2.80 bits per heavy atom. The first-order valence-corrected chi connectivity index (χ1v) is 7.42. The summed E-state index contributed by atoms with van der Waals surface area (Å²) >= 11 is 4.37. The minimum Gasteiger partial charge on any atom is -0.478 e. The monoisotopic (exact) mass is 358 g/mol. The lowest BCUT2D eigenvalue weighted by Crippen LogP contribution is -2.26. The van der Waals surface area contributed by atoms with Crippen LogP contribution in [0, 0.1) is 0 Å². The van der Waals surface area contributed by atoms with Crippen molar-refractivity contribution in [2.24, 2.45) is 0 Å². The highest BCUT2D eigenvalue weighted by atomic mass is 79.9. The molecule has 1 fully saturated rings.